The Morgan fingerprint density at radius 2 is 2.09 bits per heavy atom. The number of hydrogen-bond acceptors (Lipinski definition) is 3. The Balaban J connectivity index is 1.91. The molecule has 0 N–H and O–H groups in total. The summed E-state index contributed by atoms with van der Waals surface area (Å²) in [5.41, 5.74) is 0.147. The molecule has 0 aromatic carbocycles. The van der Waals surface area contributed by atoms with E-state index in [9.17, 15) is 18.0 Å². The van der Waals surface area contributed by atoms with Crippen molar-refractivity contribution < 1.29 is 22.7 Å². The standard InChI is InChI=1S/C14H16F3IN2O2/c1-13(4-14(16,17)5-13)6-20-11(12(21)22-2)9(18)10(19-20)7-3-8(7)15/h7-8H,3-6H2,1-2H3. The van der Waals surface area contributed by atoms with Gasteiger partial charge < -0.3 is 4.74 Å². The van der Waals surface area contributed by atoms with Crippen molar-refractivity contribution >= 4 is 28.6 Å². The van der Waals surface area contributed by atoms with E-state index in [0.717, 1.165) is 0 Å². The molecule has 2 aliphatic rings. The third-order valence-electron chi connectivity index (χ3n) is 4.26. The van der Waals surface area contributed by atoms with Crippen molar-refractivity contribution in [3.05, 3.63) is 15.0 Å². The van der Waals surface area contributed by atoms with Gasteiger partial charge in [0.15, 0.2) is 5.69 Å². The summed E-state index contributed by atoms with van der Waals surface area (Å²) in [5.74, 6) is -3.52. The minimum absolute atomic E-state index is 0.201. The summed E-state index contributed by atoms with van der Waals surface area (Å²) in [6.07, 6.45) is -1.02. The van der Waals surface area contributed by atoms with Crippen molar-refractivity contribution in [2.45, 2.75) is 50.7 Å². The molecule has 0 saturated heterocycles. The van der Waals surface area contributed by atoms with Gasteiger partial charge in [-0.05, 0) is 34.4 Å². The molecule has 0 spiro atoms. The number of ether oxygens (including phenoxy) is 1. The van der Waals surface area contributed by atoms with Crippen LogP contribution in [0.1, 0.15) is 48.3 Å². The van der Waals surface area contributed by atoms with Crippen molar-refractivity contribution in [1.82, 2.24) is 9.78 Å². The van der Waals surface area contributed by atoms with Crippen LogP contribution in [-0.4, -0.2) is 35.0 Å². The van der Waals surface area contributed by atoms with Crippen molar-refractivity contribution in [3.63, 3.8) is 0 Å². The van der Waals surface area contributed by atoms with Crippen LogP contribution in [0.3, 0.4) is 0 Å². The fraction of sp³-hybridized carbons (Fsp3) is 0.714. The molecule has 2 atom stereocenters. The predicted molar refractivity (Wildman–Crippen MR) is 80.8 cm³/mol. The van der Waals surface area contributed by atoms with Gasteiger partial charge in [0.1, 0.15) is 6.17 Å². The van der Waals surface area contributed by atoms with E-state index >= 15 is 0 Å². The number of aromatic nitrogens is 2. The Kier molecular flexibility index (Phi) is 3.73. The zero-order chi connectivity index (χ0) is 16.3. The van der Waals surface area contributed by atoms with Crippen molar-refractivity contribution in [3.8, 4) is 0 Å². The van der Waals surface area contributed by atoms with Crippen molar-refractivity contribution in [2.24, 2.45) is 5.41 Å². The van der Waals surface area contributed by atoms with Crippen LogP contribution in [0.15, 0.2) is 0 Å². The number of carbonyl (C=O) groups is 1. The molecule has 2 saturated carbocycles. The number of carbonyl (C=O) groups excluding carboxylic acids is 1. The van der Waals surface area contributed by atoms with Gasteiger partial charge in [0.25, 0.3) is 0 Å². The highest BCUT2D eigenvalue weighted by Gasteiger charge is 2.54. The highest BCUT2D eigenvalue weighted by Crippen LogP contribution is 2.53. The number of alkyl halides is 3. The summed E-state index contributed by atoms with van der Waals surface area (Å²) in [7, 11) is 1.25. The fourth-order valence-electron chi connectivity index (χ4n) is 3.22. The average Bonchev–Trinajstić information content (AvgIpc) is 3.00. The molecular weight excluding hydrogens is 412 g/mol. The van der Waals surface area contributed by atoms with Crippen LogP contribution in [-0.2, 0) is 11.3 Å². The molecular formula is C14H16F3IN2O2. The number of rotatable bonds is 4. The van der Waals surface area contributed by atoms with Crippen LogP contribution < -0.4 is 0 Å². The number of esters is 1. The minimum atomic E-state index is -2.65. The predicted octanol–water partition coefficient (Wildman–Crippen LogP) is 3.54. The Morgan fingerprint density at radius 3 is 2.55 bits per heavy atom. The first kappa shape index (κ1) is 16.1. The maximum Gasteiger partial charge on any atom is 0.357 e. The van der Waals surface area contributed by atoms with E-state index in [4.69, 9.17) is 4.74 Å². The van der Waals surface area contributed by atoms with Crippen molar-refractivity contribution in [1.29, 1.82) is 0 Å². The zero-order valence-corrected chi connectivity index (χ0v) is 14.4. The van der Waals surface area contributed by atoms with Crippen LogP contribution in [0.2, 0.25) is 0 Å². The van der Waals surface area contributed by atoms with Gasteiger partial charge in [0, 0.05) is 25.3 Å². The second kappa shape index (κ2) is 5.10. The van der Waals surface area contributed by atoms with E-state index in [-0.39, 0.29) is 31.0 Å². The second-order valence-electron chi connectivity index (χ2n) is 6.58. The van der Waals surface area contributed by atoms with Crippen molar-refractivity contribution in [2.75, 3.05) is 7.11 Å². The number of hydrogen-bond donors (Lipinski definition) is 0. The molecule has 1 heterocycles. The maximum atomic E-state index is 13.3. The Labute approximate surface area is 139 Å². The highest BCUT2D eigenvalue weighted by atomic mass is 127. The molecule has 0 bridgehead atoms. The molecule has 8 heteroatoms. The first-order valence-electron chi connectivity index (χ1n) is 7.02. The molecule has 0 aliphatic heterocycles. The van der Waals surface area contributed by atoms with Gasteiger partial charge in [-0.15, -0.1) is 0 Å². The van der Waals surface area contributed by atoms with Crippen LogP contribution in [0.25, 0.3) is 0 Å². The molecule has 2 unspecified atom stereocenters. The lowest BCUT2D eigenvalue weighted by Gasteiger charge is -2.44. The van der Waals surface area contributed by atoms with Gasteiger partial charge in [-0.2, -0.15) is 5.10 Å². The highest BCUT2D eigenvalue weighted by molar-refractivity contribution is 14.1. The van der Waals surface area contributed by atoms with E-state index in [2.05, 4.69) is 5.10 Å². The van der Waals surface area contributed by atoms with Crippen LogP contribution in [0.5, 0.6) is 0 Å². The van der Waals surface area contributed by atoms with E-state index in [1.807, 2.05) is 22.6 Å². The summed E-state index contributed by atoms with van der Waals surface area (Å²) in [6.45, 7) is 1.95. The first-order valence-corrected chi connectivity index (χ1v) is 8.10. The molecule has 2 aliphatic carbocycles. The van der Waals surface area contributed by atoms with Gasteiger partial charge in [-0.25, -0.2) is 18.0 Å². The van der Waals surface area contributed by atoms with Crippen LogP contribution >= 0.6 is 22.6 Å². The second-order valence-corrected chi connectivity index (χ2v) is 7.65. The van der Waals surface area contributed by atoms with E-state index in [0.29, 0.717) is 15.7 Å². The number of halogens is 4. The molecule has 2 fully saturated rings. The SMILES string of the molecule is COC(=O)c1c(I)c(C2CC2F)nn1CC1(C)CC(F)(F)C1. The lowest BCUT2D eigenvalue weighted by atomic mass is 9.67. The molecule has 1 aromatic rings. The lowest BCUT2D eigenvalue weighted by molar-refractivity contribution is -0.160. The normalized spacial score (nSPS) is 28.1. The topological polar surface area (TPSA) is 44.1 Å². The Morgan fingerprint density at radius 1 is 1.50 bits per heavy atom. The van der Waals surface area contributed by atoms with Gasteiger partial charge in [0.05, 0.1) is 16.4 Å². The Bertz CT molecular complexity index is 624. The molecule has 0 amide bonds. The number of methoxy groups -OCH3 is 1. The molecule has 3 rings (SSSR count). The van der Waals surface area contributed by atoms with Crippen LogP contribution in [0.4, 0.5) is 13.2 Å². The van der Waals surface area contributed by atoms with E-state index < -0.39 is 23.5 Å². The molecule has 4 nitrogen and oxygen atoms in total. The average molecular weight is 428 g/mol. The van der Waals surface area contributed by atoms with E-state index in [1.165, 1.54) is 11.8 Å². The van der Waals surface area contributed by atoms with Crippen LogP contribution in [0, 0.1) is 8.99 Å². The largest absolute Gasteiger partial charge is 0.464 e. The molecule has 1 aromatic heterocycles. The molecule has 22 heavy (non-hydrogen) atoms. The Hall–Kier alpha value is -0.800. The first-order chi connectivity index (χ1) is 10.2. The van der Waals surface area contributed by atoms with Gasteiger partial charge in [0.2, 0.25) is 5.92 Å². The smallest absolute Gasteiger partial charge is 0.357 e. The third kappa shape index (κ3) is 2.74. The lowest BCUT2D eigenvalue weighted by Crippen LogP contribution is -2.47. The summed E-state index contributed by atoms with van der Waals surface area (Å²) in [5, 5.41) is 4.33. The fourth-order valence-corrected chi connectivity index (χ4v) is 4.23. The zero-order valence-electron chi connectivity index (χ0n) is 12.2. The van der Waals surface area contributed by atoms with Gasteiger partial charge in [-0.3, -0.25) is 4.68 Å². The monoisotopic (exact) mass is 428 g/mol. The third-order valence-corrected chi connectivity index (χ3v) is 5.33. The molecule has 0 radical (unpaired) electrons. The molecule has 122 valence electrons. The van der Waals surface area contributed by atoms with Gasteiger partial charge in [-0.1, -0.05) is 6.92 Å². The maximum absolute atomic E-state index is 13.3. The quantitative estimate of drug-likeness (QED) is 0.545. The minimum Gasteiger partial charge on any atom is -0.464 e. The summed E-state index contributed by atoms with van der Waals surface area (Å²) >= 11 is 1.96. The summed E-state index contributed by atoms with van der Waals surface area (Å²) in [6, 6.07) is 0. The summed E-state index contributed by atoms with van der Waals surface area (Å²) < 4.78 is 46.4. The van der Waals surface area contributed by atoms with Gasteiger partial charge >= 0.3 is 5.97 Å². The summed E-state index contributed by atoms with van der Waals surface area (Å²) in [4.78, 5) is 12.0. The van der Waals surface area contributed by atoms with E-state index in [1.54, 1.807) is 6.92 Å². The number of nitrogens with zero attached hydrogens (tertiary/aromatic N) is 2.